The predicted molar refractivity (Wildman–Crippen MR) is 81.9 cm³/mol. The molecule has 0 fully saturated rings. The summed E-state index contributed by atoms with van der Waals surface area (Å²) < 4.78 is 17.4. The van der Waals surface area contributed by atoms with Gasteiger partial charge in [0, 0.05) is 12.1 Å². The van der Waals surface area contributed by atoms with E-state index in [4.69, 9.17) is 13.9 Å². The van der Waals surface area contributed by atoms with Crippen molar-refractivity contribution in [1.82, 2.24) is 0 Å². The lowest BCUT2D eigenvalue weighted by atomic mass is 10.2. The van der Waals surface area contributed by atoms with Gasteiger partial charge in [-0.2, -0.15) is 4.79 Å². The zero-order valence-corrected chi connectivity index (χ0v) is 12.6. The van der Waals surface area contributed by atoms with Gasteiger partial charge in [-0.1, -0.05) is 16.7 Å². The van der Waals surface area contributed by atoms with Crippen molar-refractivity contribution in [2.45, 2.75) is 6.92 Å². The van der Waals surface area contributed by atoms with Crippen molar-refractivity contribution in [2.24, 2.45) is 0 Å². The Kier molecular flexibility index (Phi) is 3.55. The minimum atomic E-state index is -0.467. The summed E-state index contributed by atoms with van der Waals surface area (Å²) in [4.78, 5) is 12.3. The molecule has 0 aliphatic carbocycles. The Bertz CT molecular complexity index is 899. The first kappa shape index (κ1) is 14.1. The standard InChI is InChI=1S/C17H16NO4/c1-11-5-4-6-12-10-18(17(19)22-16(11)12)14-8-7-13(20-2)9-15(14)21-3/h4-10H,1-3H3/q+1. The number of para-hydroxylation sites is 1. The third kappa shape index (κ3) is 2.30. The first-order chi connectivity index (χ1) is 10.6. The lowest BCUT2D eigenvalue weighted by molar-refractivity contribution is -0.623. The number of ether oxygens (including phenoxy) is 2. The molecule has 3 aromatic rings. The summed E-state index contributed by atoms with van der Waals surface area (Å²) in [5.74, 6) is 0.719. The van der Waals surface area contributed by atoms with Crippen LogP contribution in [0.2, 0.25) is 0 Å². The Morgan fingerprint density at radius 3 is 2.64 bits per heavy atom. The normalized spacial score (nSPS) is 10.7. The molecule has 5 heteroatoms. The van der Waals surface area contributed by atoms with Crippen molar-refractivity contribution in [2.75, 3.05) is 14.2 Å². The first-order valence-electron chi connectivity index (χ1n) is 6.81. The van der Waals surface area contributed by atoms with Gasteiger partial charge in [0.15, 0.2) is 17.5 Å². The number of hydrogen-bond acceptors (Lipinski definition) is 4. The zero-order chi connectivity index (χ0) is 15.7. The maximum absolute atomic E-state index is 12.3. The number of aromatic nitrogens is 1. The van der Waals surface area contributed by atoms with Gasteiger partial charge in [-0.05, 0) is 24.6 Å². The molecule has 0 atom stereocenters. The average molecular weight is 298 g/mol. The molecular weight excluding hydrogens is 282 g/mol. The first-order valence-corrected chi connectivity index (χ1v) is 6.81. The molecule has 22 heavy (non-hydrogen) atoms. The maximum atomic E-state index is 12.3. The van der Waals surface area contributed by atoms with E-state index < -0.39 is 5.76 Å². The Morgan fingerprint density at radius 1 is 1.09 bits per heavy atom. The van der Waals surface area contributed by atoms with Crippen LogP contribution in [0, 0.1) is 6.92 Å². The second kappa shape index (κ2) is 5.52. The van der Waals surface area contributed by atoms with E-state index >= 15 is 0 Å². The smallest absolute Gasteiger partial charge is 0.497 e. The molecule has 3 rings (SSSR count). The van der Waals surface area contributed by atoms with Crippen LogP contribution in [0.1, 0.15) is 5.56 Å². The van der Waals surface area contributed by atoms with Crippen molar-refractivity contribution >= 4 is 11.0 Å². The van der Waals surface area contributed by atoms with E-state index in [2.05, 4.69) is 0 Å². The molecule has 5 nitrogen and oxygen atoms in total. The molecular formula is C17H16NO4+. The molecule has 0 unspecified atom stereocenters. The van der Waals surface area contributed by atoms with E-state index in [0.717, 1.165) is 10.9 Å². The molecule has 0 amide bonds. The van der Waals surface area contributed by atoms with Gasteiger partial charge in [0.2, 0.25) is 0 Å². The van der Waals surface area contributed by atoms with E-state index in [9.17, 15) is 4.79 Å². The molecule has 1 heterocycles. The highest BCUT2D eigenvalue weighted by Gasteiger charge is 2.21. The third-order valence-corrected chi connectivity index (χ3v) is 3.54. The highest BCUT2D eigenvalue weighted by molar-refractivity contribution is 5.77. The molecule has 0 N–H and O–H groups in total. The van der Waals surface area contributed by atoms with Gasteiger partial charge in [-0.3, -0.25) is 0 Å². The van der Waals surface area contributed by atoms with Crippen LogP contribution in [0.25, 0.3) is 16.7 Å². The molecule has 0 saturated heterocycles. The monoisotopic (exact) mass is 298 g/mol. The Morgan fingerprint density at radius 2 is 1.91 bits per heavy atom. The molecule has 112 valence electrons. The van der Waals surface area contributed by atoms with Crippen LogP contribution in [0.4, 0.5) is 0 Å². The number of fused-ring (bicyclic) bond motifs is 1. The zero-order valence-electron chi connectivity index (χ0n) is 12.6. The minimum absolute atomic E-state index is 0.467. The Balaban J connectivity index is 2.26. The fourth-order valence-corrected chi connectivity index (χ4v) is 2.40. The summed E-state index contributed by atoms with van der Waals surface area (Å²) >= 11 is 0. The molecule has 1 aromatic heterocycles. The van der Waals surface area contributed by atoms with Gasteiger partial charge in [0.1, 0.15) is 5.75 Å². The third-order valence-electron chi connectivity index (χ3n) is 3.54. The van der Waals surface area contributed by atoms with Crippen LogP contribution >= 0.6 is 0 Å². The number of benzene rings is 2. The van der Waals surface area contributed by atoms with Gasteiger partial charge >= 0.3 is 5.76 Å². The van der Waals surface area contributed by atoms with E-state index in [0.29, 0.717) is 22.8 Å². The van der Waals surface area contributed by atoms with Crippen LogP contribution in [-0.2, 0) is 0 Å². The Hall–Kier alpha value is -2.82. The van der Waals surface area contributed by atoms with Gasteiger partial charge in [-0.25, -0.2) is 0 Å². The topological polar surface area (TPSA) is 52.5 Å². The highest BCUT2D eigenvalue weighted by atomic mass is 16.5. The molecule has 0 aliphatic rings. The van der Waals surface area contributed by atoms with Crippen LogP contribution < -0.4 is 19.8 Å². The van der Waals surface area contributed by atoms with Crippen molar-refractivity contribution in [3.63, 3.8) is 0 Å². The highest BCUT2D eigenvalue weighted by Crippen LogP contribution is 2.24. The van der Waals surface area contributed by atoms with E-state index in [1.807, 2.05) is 25.1 Å². The van der Waals surface area contributed by atoms with Crippen molar-refractivity contribution in [3.8, 4) is 17.2 Å². The van der Waals surface area contributed by atoms with Crippen LogP contribution in [-0.4, -0.2) is 14.2 Å². The van der Waals surface area contributed by atoms with Crippen molar-refractivity contribution in [1.29, 1.82) is 0 Å². The average Bonchev–Trinajstić information content (AvgIpc) is 2.54. The van der Waals surface area contributed by atoms with Gasteiger partial charge in [0.05, 0.1) is 19.6 Å². The number of hydrogen-bond donors (Lipinski definition) is 0. The minimum Gasteiger partial charge on any atom is -0.497 e. The largest absolute Gasteiger partial charge is 0.608 e. The lowest BCUT2D eigenvalue weighted by Crippen LogP contribution is -2.46. The van der Waals surface area contributed by atoms with Crippen LogP contribution in [0.3, 0.4) is 0 Å². The molecule has 0 saturated carbocycles. The van der Waals surface area contributed by atoms with E-state index in [-0.39, 0.29) is 0 Å². The maximum Gasteiger partial charge on any atom is 0.608 e. The SMILES string of the molecule is COc1ccc(-[n+]2cc3cccc(C)c3oc2=O)c(OC)c1. The van der Waals surface area contributed by atoms with Gasteiger partial charge < -0.3 is 13.9 Å². The number of rotatable bonds is 3. The van der Waals surface area contributed by atoms with Crippen LogP contribution in [0.5, 0.6) is 11.5 Å². The number of nitrogens with zero attached hydrogens (tertiary/aromatic N) is 1. The lowest BCUT2D eigenvalue weighted by Gasteiger charge is -2.06. The fraction of sp³-hybridized carbons (Fsp3) is 0.176. The second-order valence-electron chi connectivity index (χ2n) is 4.90. The summed E-state index contributed by atoms with van der Waals surface area (Å²) in [5, 5.41) is 0.845. The quantitative estimate of drug-likeness (QED) is 0.697. The fourth-order valence-electron chi connectivity index (χ4n) is 2.40. The molecule has 0 bridgehead atoms. The van der Waals surface area contributed by atoms with E-state index in [1.54, 1.807) is 38.6 Å². The summed E-state index contributed by atoms with van der Waals surface area (Å²) in [6.45, 7) is 1.91. The molecule has 0 spiro atoms. The second-order valence-corrected chi connectivity index (χ2v) is 4.90. The molecule has 0 radical (unpaired) electrons. The van der Waals surface area contributed by atoms with E-state index in [1.165, 1.54) is 4.57 Å². The summed E-state index contributed by atoms with van der Waals surface area (Å²) in [7, 11) is 3.13. The van der Waals surface area contributed by atoms with Crippen LogP contribution in [0.15, 0.2) is 51.8 Å². The summed E-state index contributed by atoms with van der Waals surface area (Å²) in [6, 6.07) is 11.0. The predicted octanol–water partition coefficient (Wildman–Crippen LogP) is 2.40. The number of methoxy groups -OCH3 is 2. The van der Waals surface area contributed by atoms with Crippen molar-refractivity contribution < 1.29 is 18.5 Å². The molecule has 2 aromatic carbocycles. The Labute approximate surface area is 127 Å². The number of aryl methyl sites for hydroxylation is 1. The van der Waals surface area contributed by atoms with Crippen molar-refractivity contribution in [3.05, 3.63) is 58.7 Å². The molecule has 0 aliphatic heterocycles. The van der Waals surface area contributed by atoms with Gasteiger partial charge in [0.25, 0.3) is 5.69 Å². The summed E-state index contributed by atoms with van der Waals surface area (Å²) in [6.07, 6.45) is 1.75. The summed E-state index contributed by atoms with van der Waals surface area (Å²) in [5.41, 5.74) is 2.11. The van der Waals surface area contributed by atoms with Gasteiger partial charge in [-0.15, -0.1) is 0 Å².